The quantitative estimate of drug-likeness (QED) is 0.636. The number of allylic oxidation sites excluding steroid dienone is 1. The van der Waals surface area contributed by atoms with Gasteiger partial charge in [-0.25, -0.2) is 0 Å². The van der Waals surface area contributed by atoms with Crippen molar-refractivity contribution in [2.75, 3.05) is 18.4 Å². The Hall–Kier alpha value is -1.23. The monoisotopic (exact) mass is 329 g/mol. The number of alkyl halides is 3. The molecule has 1 aromatic rings. The molecule has 0 amide bonds. The predicted molar refractivity (Wildman–Crippen MR) is 81.6 cm³/mol. The largest absolute Gasteiger partial charge is 0.341 e. The molecular formula is C13H10Cl3N3O. The molecule has 2 heterocycles. The van der Waals surface area contributed by atoms with Gasteiger partial charge in [-0.1, -0.05) is 46.9 Å². The van der Waals surface area contributed by atoms with Crippen LogP contribution in [-0.4, -0.2) is 33.4 Å². The van der Waals surface area contributed by atoms with E-state index in [1.807, 2.05) is 29.2 Å². The molecule has 0 atom stereocenters. The molecule has 0 unspecified atom stereocenters. The number of nitrogens with one attached hydrogen (secondary N) is 1. The van der Waals surface area contributed by atoms with E-state index in [1.165, 1.54) is 6.08 Å². The van der Waals surface area contributed by atoms with Crippen LogP contribution < -0.4 is 5.32 Å². The summed E-state index contributed by atoms with van der Waals surface area (Å²) in [6.45, 7) is 1.36. The molecule has 0 fully saturated rings. The van der Waals surface area contributed by atoms with E-state index >= 15 is 0 Å². The van der Waals surface area contributed by atoms with Crippen LogP contribution in [-0.2, 0) is 4.79 Å². The van der Waals surface area contributed by atoms with Gasteiger partial charge in [0.1, 0.15) is 11.7 Å². The number of carbonyl (C=O) groups excluding carboxylic acids is 1. The topological polar surface area (TPSA) is 44.7 Å². The molecule has 0 spiro atoms. The lowest BCUT2D eigenvalue weighted by Crippen LogP contribution is -2.37. The number of hydrogen-bond donors (Lipinski definition) is 1. The number of anilines is 1. The van der Waals surface area contributed by atoms with E-state index in [0.29, 0.717) is 18.9 Å². The van der Waals surface area contributed by atoms with Gasteiger partial charge >= 0.3 is 0 Å². The van der Waals surface area contributed by atoms with Crippen LogP contribution in [0.25, 0.3) is 0 Å². The average molecular weight is 331 g/mol. The molecule has 0 aromatic heterocycles. The van der Waals surface area contributed by atoms with Crippen molar-refractivity contribution < 1.29 is 4.79 Å². The van der Waals surface area contributed by atoms with Gasteiger partial charge in [0.2, 0.25) is 5.78 Å². The van der Waals surface area contributed by atoms with E-state index < -0.39 is 9.58 Å². The SMILES string of the molecule is O=C(/C=C1\Nc2ccccc2C2=NCCN21)C(Cl)(Cl)Cl. The van der Waals surface area contributed by atoms with E-state index in [0.717, 1.165) is 17.1 Å². The first-order valence-corrected chi connectivity index (χ1v) is 7.11. The molecule has 0 bridgehead atoms. The molecule has 4 nitrogen and oxygen atoms in total. The summed E-state index contributed by atoms with van der Waals surface area (Å²) < 4.78 is -1.96. The predicted octanol–water partition coefficient (Wildman–Crippen LogP) is 2.96. The van der Waals surface area contributed by atoms with Crippen molar-refractivity contribution in [3.8, 4) is 0 Å². The lowest BCUT2D eigenvalue weighted by atomic mass is 10.1. The minimum absolute atomic E-state index is 0.580. The van der Waals surface area contributed by atoms with Gasteiger partial charge in [0.25, 0.3) is 3.79 Å². The zero-order valence-electron chi connectivity index (χ0n) is 10.2. The highest BCUT2D eigenvalue weighted by atomic mass is 35.6. The molecule has 20 heavy (non-hydrogen) atoms. The number of nitrogens with zero attached hydrogens (tertiary/aromatic N) is 2. The molecule has 104 valence electrons. The van der Waals surface area contributed by atoms with Crippen LogP contribution in [0.3, 0.4) is 0 Å². The molecule has 2 aliphatic heterocycles. The molecule has 0 saturated carbocycles. The Morgan fingerprint density at radius 3 is 2.85 bits per heavy atom. The number of para-hydroxylation sites is 1. The molecular weight excluding hydrogens is 321 g/mol. The highest BCUT2D eigenvalue weighted by molar-refractivity contribution is 6.77. The maximum Gasteiger partial charge on any atom is 0.252 e. The Labute approximate surface area is 131 Å². The summed E-state index contributed by atoms with van der Waals surface area (Å²) in [6.07, 6.45) is 1.31. The first kappa shape index (κ1) is 13.7. The second-order valence-corrected chi connectivity index (χ2v) is 6.70. The Morgan fingerprint density at radius 1 is 1.35 bits per heavy atom. The number of halogens is 3. The van der Waals surface area contributed by atoms with Crippen LogP contribution in [0.4, 0.5) is 5.69 Å². The average Bonchev–Trinajstić information content (AvgIpc) is 2.87. The molecule has 7 heteroatoms. The number of hydrogen-bond acceptors (Lipinski definition) is 4. The first-order chi connectivity index (χ1) is 9.47. The number of carbonyl (C=O) groups is 1. The Kier molecular flexibility index (Phi) is 3.40. The Balaban J connectivity index is 2.02. The van der Waals surface area contributed by atoms with Crippen LogP contribution in [0.1, 0.15) is 5.56 Å². The fraction of sp³-hybridized carbons (Fsp3) is 0.231. The third-order valence-electron chi connectivity index (χ3n) is 3.11. The third-order valence-corrected chi connectivity index (χ3v) is 3.67. The number of benzene rings is 1. The summed E-state index contributed by atoms with van der Waals surface area (Å²) in [5.74, 6) is 0.828. The number of aliphatic imine (C=N–C) groups is 1. The minimum atomic E-state index is -1.96. The van der Waals surface area contributed by atoms with Gasteiger partial charge in [0.15, 0.2) is 0 Å². The fourth-order valence-corrected chi connectivity index (χ4v) is 2.39. The summed E-state index contributed by atoms with van der Waals surface area (Å²) in [5.41, 5.74) is 1.89. The summed E-state index contributed by atoms with van der Waals surface area (Å²) in [6, 6.07) is 7.75. The van der Waals surface area contributed by atoms with Gasteiger partial charge in [-0.15, -0.1) is 0 Å². The van der Waals surface area contributed by atoms with Crippen molar-refractivity contribution in [1.82, 2.24) is 4.90 Å². The van der Waals surface area contributed by atoms with Crippen molar-refractivity contribution in [3.05, 3.63) is 41.7 Å². The van der Waals surface area contributed by atoms with E-state index in [2.05, 4.69) is 10.3 Å². The number of amidine groups is 1. The molecule has 3 rings (SSSR count). The normalized spacial score (nSPS) is 19.2. The number of ketones is 1. The smallest absolute Gasteiger partial charge is 0.252 e. The van der Waals surface area contributed by atoms with Crippen molar-refractivity contribution in [2.45, 2.75) is 3.79 Å². The summed E-state index contributed by atoms with van der Waals surface area (Å²) in [4.78, 5) is 18.2. The zero-order chi connectivity index (χ0) is 14.3. The standard InChI is InChI=1S/C13H10Cl3N3O/c14-13(15,16)10(20)7-11-18-9-4-2-1-3-8(9)12-17-5-6-19(11)12/h1-4,7,18H,5-6H2/b11-7+. The maximum atomic E-state index is 11.9. The van der Waals surface area contributed by atoms with Gasteiger partial charge in [-0.3, -0.25) is 9.79 Å². The first-order valence-electron chi connectivity index (χ1n) is 5.98. The number of rotatable bonds is 1. The molecule has 2 aliphatic rings. The third kappa shape index (κ3) is 2.39. The van der Waals surface area contributed by atoms with Gasteiger partial charge in [0, 0.05) is 18.2 Å². The van der Waals surface area contributed by atoms with Crippen LogP contribution >= 0.6 is 34.8 Å². The van der Waals surface area contributed by atoms with Crippen LogP contribution in [0, 0.1) is 0 Å². The van der Waals surface area contributed by atoms with Crippen LogP contribution in [0.5, 0.6) is 0 Å². The van der Waals surface area contributed by atoms with Gasteiger partial charge in [-0.05, 0) is 12.1 Å². The van der Waals surface area contributed by atoms with E-state index in [-0.39, 0.29) is 0 Å². The van der Waals surface area contributed by atoms with Gasteiger partial charge in [-0.2, -0.15) is 0 Å². The molecule has 0 saturated heterocycles. The molecule has 0 radical (unpaired) electrons. The maximum absolute atomic E-state index is 11.9. The minimum Gasteiger partial charge on any atom is -0.341 e. The second-order valence-electron chi connectivity index (χ2n) is 4.42. The summed E-state index contributed by atoms with van der Waals surface area (Å²) in [7, 11) is 0. The zero-order valence-corrected chi connectivity index (χ0v) is 12.5. The van der Waals surface area contributed by atoms with E-state index in [9.17, 15) is 4.79 Å². The lowest BCUT2D eigenvalue weighted by molar-refractivity contribution is -0.113. The molecule has 0 aliphatic carbocycles. The van der Waals surface area contributed by atoms with Crippen molar-refractivity contribution >= 4 is 52.1 Å². The van der Waals surface area contributed by atoms with Crippen molar-refractivity contribution in [2.24, 2.45) is 4.99 Å². The lowest BCUT2D eigenvalue weighted by Gasteiger charge is -2.31. The fourth-order valence-electron chi connectivity index (χ4n) is 2.22. The molecule has 1 N–H and O–H groups in total. The Bertz CT molecular complexity index is 634. The van der Waals surface area contributed by atoms with Crippen LogP contribution in [0.15, 0.2) is 41.2 Å². The highest BCUT2D eigenvalue weighted by Crippen LogP contribution is 2.32. The summed E-state index contributed by atoms with van der Waals surface area (Å²) >= 11 is 16.8. The highest BCUT2D eigenvalue weighted by Gasteiger charge is 2.33. The van der Waals surface area contributed by atoms with E-state index in [4.69, 9.17) is 34.8 Å². The van der Waals surface area contributed by atoms with E-state index in [1.54, 1.807) is 0 Å². The van der Waals surface area contributed by atoms with Crippen molar-refractivity contribution in [1.29, 1.82) is 0 Å². The Morgan fingerprint density at radius 2 is 2.10 bits per heavy atom. The molecule has 1 aromatic carbocycles. The van der Waals surface area contributed by atoms with Crippen molar-refractivity contribution in [3.63, 3.8) is 0 Å². The van der Waals surface area contributed by atoms with Gasteiger partial charge in [0.05, 0.1) is 12.2 Å². The summed E-state index contributed by atoms with van der Waals surface area (Å²) in [5, 5.41) is 3.18. The second kappa shape index (κ2) is 4.95. The number of fused-ring (bicyclic) bond motifs is 3. The van der Waals surface area contributed by atoms with Gasteiger partial charge < -0.3 is 10.2 Å². The van der Waals surface area contributed by atoms with Crippen LogP contribution in [0.2, 0.25) is 0 Å².